The van der Waals surface area contributed by atoms with Gasteiger partial charge in [-0.2, -0.15) is 0 Å². The van der Waals surface area contributed by atoms with Crippen molar-refractivity contribution in [1.82, 2.24) is 0 Å². The number of esters is 2. The van der Waals surface area contributed by atoms with Crippen LogP contribution in [0.3, 0.4) is 0 Å². The first-order valence-corrected chi connectivity index (χ1v) is 13.4. The second-order valence-electron chi connectivity index (χ2n) is 9.58. The molecule has 198 valence electrons. The summed E-state index contributed by atoms with van der Waals surface area (Å²) in [5.41, 5.74) is 1.02. The van der Waals surface area contributed by atoms with Gasteiger partial charge in [-0.1, -0.05) is 96.0 Å². The topological polar surface area (TPSA) is 118 Å². The van der Waals surface area contributed by atoms with Gasteiger partial charge in [-0.25, -0.2) is 14.4 Å². The number of hydrogen-bond donors (Lipinski definition) is 2. The zero-order valence-electron chi connectivity index (χ0n) is 21.4. The highest BCUT2D eigenvalue weighted by Crippen LogP contribution is 2.23. The molecule has 0 amide bonds. The van der Waals surface area contributed by atoms with Gasteiger partial charge in [-0.15, -0.1) is 0 Å². The third kappa shape index (κ3) is 14.5. The fourth-order valence-electron chi connectivity index (χ4n) is 4.38. The molecule has 7 nitrogen and oxygen atoms in total. The Morgan fingerprint density at radius 2 is 1.11 bits per heavy atom. The largest absolute Gasteiger partial charge is 0.481 e. The number of cyclic esters (lactones) is 2. The Bertz CT molecular complexity index is 748. The SMILES string of the molecule is CC1=C(CCCCCCCCCCCCCCCCCCC=C(CC(=O)O)C(=O)O)C(=O)OC1=O. The summed E-state index contributed by atoms with van der Waals surface area (Å²) in [6.45, 7) is 1.67. The molecule has 0 unspecified atom stereocenters. The Morgan fingerprint density at radius 1 is 0.686 bits per heavy atom. The molecule has 0 aromatic rings. The first-order valence-electron chi connectivity index (χ1n) is 13.4. The van der Waals surface area contributed by atoms with E-state index in [-0.39, 0.29) is 5.57 Å². The third-order valence-corrected chi connectivity index (χ3v) is 6.58. The van der Waals surface area contributed by atoms with Crippen LogP contribution in [0.2, 0.25) is 0 Å². The van der Waals surface area contributed by atoms with Crippen LogP contribution in [-0.2, 0) is 23.9 Å². The molecule has 0 bridgehead atoms. The molecule has 0 saturated carbocycles. The molecule has 0 atom stereocenters. The van der Waals surface area contributed by atoms with Gasteiger partial charge in [0.1, 0.15) is 0 Å². The summed E-state index contributed by atoms with van der Waals surface area (Å²) in [4.78, 5) is 44.4. The molecule has 0 saturated heterocycles. The Labute approximate surface area is 210 Å². The van der Waals surface area contributed by atoms with Crippen LogP contribution in [0.1, 0.15) is 129 Å². The smallest absolute Gasteiger partial charge is 0.342 e. The summed E-state index contributed by atoms with van der Waals surface area (Å²) in [5, 5.41) is 17.7. The van der Waals surface area contributed by atoms with E-state index in [1.807, 2.05) is 0 Å². The van der Waals surface area contributed by atoms with Gasteiger partial charge in [0.05, 0.1) is 6.42 Å². The van der Waals surface area contributed by atoms with Gasteiger partial charge >= 0.3 is 23.9 Å². The highest BCUT2D eigenvalue weighted by molar-refractivity contribution is 6.11. The predicted molar refractivity (Wildman–Crippen MR) is 135 cm³/mol. The summed E-state index contributed by atoms with van der Waals surface area (Å²) in [7, 11) is 0. The molecule has 1 aliphatic heterocycles. The maximum atomic E-state index is 11.5. The lowest BCUT2D eigenvalue weighted by atomic mass is 10.0. The van der Waals surface area contributed by atoms with Gasteiger partial charge in [0.15, 0.2) is 0 Å². The van der Waals surface area contributed by atoms with Gasteiger partial charge in [0, 0.05) is 16.7 Å². The van der Waals surface area contributed by atoms with Crippen molar-refractivity contribution >= 4 is 23.9 Å². The number of carbonyl (C=O) groups excluding carboxylic acids is 2. The van der Waals surface area contributed by atoms with Crippen molar-refractivity contribution in [3.05, 3.63) is 22.8 Å². The summed E-state index contributed by atoms with van der Waals surface area (Å²) < 4.78 is 4.61. The van der Waals surface area contributed by atoms with E-state index in [9.17, 15) is 19.2 Å². The Kier molecular flexibility index (Phi) is 16.5. The number of carboxylic acids is 2. The lowest BCUT2D eigenvalue weighted by Gasteiger charge is -2.04. The standard InChI is InChI=1S/C28H44O7/c1-22-24(28(34)35-27(22)33)20-18-16-14-12-10-8-6-4-2-3-5-7-9-11-13-15-17-19-23(26(31)32)21-25(29)30/h19H,2-18,20-21H2,1H3,(H,29,30)(H,31,32). The minimum Gasteiger partial charge on any atom is -0.481 e. The van der Waals surface area contributed by atoms with Crippen LogP contribution in [0.15, 0.2) is 22.8 Å². The number of hydrogen-bond acceptors (Lipinski definition) is 5. The van der Waals surface area contributed by atoms with Crippen molar-refractivity contribution < 1.29 is 34.1 Å². The van der Waals surface area contributed by atoms with E-state index in [0.29, 0.717) is 24.0 Å². The normalized spacial score (nSPS) is 14.0. The van der Waals surface area contributed by atoms with Gasteiger partial charge in [0.25, 0.3) is 0 Å². The third-order valence-electron chi connectivity index (χ3n) is 6.58. The van der Waals surface area contributed by atoms with Crippen molar-refractivity contribution in [1.29, 1.82) is 0 Å². The van der Waals surface area contributed by atoms with E-state index in [0.717, 1.165) is 32.1 Å². The highest BCUT2D eigenvalue weighted by Gasteiger charge is 2.28. The average molecular weight is 493 g/mol. The van der Waals surface area contributed by atoms with Crippen molar-refractivity contribution in [3.8, 4) is 0 Å². The number of unbranched alkanes of at least 4 members (excludes halogenated alkanes) is 16. The minimum atomic E-state index is -1.14. The van der Waals surface area contributed by atoms with Crippen molar-refractivity contribution in [2.45, 2.75) is 129 Å². The molecule has 7 heteroatoms. The number of ether oxygens (including phenoxy) is 1. The molecule has 0 spiro atoms. The van der Waals surface area contributed by atoms with Crippen molar-refractivity contribution in [2.24, 2.45) is 0 Å². The lowest BCUT2D eigenvalue weighted by Crippen LogP contribution is -2.06. The van der Waals surface area contributed by atoms with Crippen LogP contribution >= 0.6 is 0 Å². The van der Waals surface area contributed by atoms with E-state index < -0.39 is 30.3 Å². The van der Waals surface area contributed by atoms with Crippen molar-refractivity contribution in [3.63, 3.8) is 0 Å². The second kappa shape index (κ2) is 18.8. The molecular formula is C28H44O7. The molecule has 35 heavy (non-hydrogen) atoms. The highest BCUT2D eigenvalue weighted by atomic mass is 16.6. The van der Waals surface area contributed by atoms with E-state index in [4.69, 9.17) is 10.2 Å². The fourth-order valence-corrected chi connectivity index (χ4v) is 4.38. The molecule has 0 fully saturated rings. The first-order chi connectivity index (χ1) is 16.8. The zero-order chi connectivity index (χ0) is 25.9. The van der Waals surface area contributed by atoms with Crippen LogP contribution in [0.5, 0.6) is 0 Å². The molecule has 0 aromatic carbocycles. The minimum absolute atomic E-state index is 0.0190. The van der Waals surface area contributed by atoms with Gasteiger partial charge in [0.2, 0.25) is 0 Å². The molecule has 0 aromatic heterocycles. The Morgan fingerprint density at radius 3 is 1.49 bits per heavy atom. The summed E-state index contributed by atoms with van der Waals surface area (Å²) in [5.74, 6) is -3.18. The Balaban J connectivity index is 1.83. The van der Waals surface area contributed by atoms with Gasteiger partial charge in [-0.3, -0.25) is 4.79 Å². The predicted octanol–water partition coefficient (Wildman–Crippen LogP) is 6.89. The molecule has 0 radical (unpaired) electrons. The number of carboxylic acid groups (broad SMARTS) is 2. The summed E-state index contributed by atoms with van der Waals surface area (Å²) >= 11 is 0. The number of aliphatic carboxylic acids is 2. The first kappa shape index (κ1) is 30.6. The lowest BCUT2D eigenvalue weighted by molar-refractivity contribution is -0.151. The number of allylic oxidation sites excluding steroid dienone is 1. The Hall–Kier alpha value is -2.44. The van der Waals surface area contributed by atoms with Crippen LogP contribution in [-0.4, -0.2) is 34.1 Å². The van der Waals surface area contributed by atoms with Gasteiger partial charge < -0.3 is 14.9 Å². The molecule has 1 heterocycles. The van der Waals surface area contributed by atoms with Crippen LogP contribution < -0.4 is 0 Å². The zero-order valence-corrected chi connectivity index (χ0v) is 21.4. The van der Waals surface area contributed by atoms with Gasteiger partial charge in [-0.05, 0) is 32.6 Å². The maximum Gasteiger partial charge on any atom is 0.342 e. The molecule has 2 N–H and O–H groups in total. The van der Waals surface area contributed by atoms with Crippen LogP contribution in [0.4, 0.5) is 0 Å². The molecule has 1 rings (SSSR count). The second-order valence-corrected chi connectivity index (χ2v) is 9.58. The number of rotatable bonds is 22. The quantitative estimate of drug-likeness (QED) is 0.0730. The number of carbonyl (C=O) groups is 4. The monoisotopic (exact) mass is 492 g/mol. The average Bonchev–Trinajstić information content (AvgIpc) is 3.05. The molecular weight excluding hydrogens is 448 g/mol. The van der Waals surface area contributed by atoms with Crippen LogP contribution in [0, 0.1) is 0 Å². The maximum absolute atomic E-state index is 11.5. The van der Waals surface area contributed by atoms with E-state index in [1.54, 1.807) is 13.0 Å². The van der Waals surface area contributed by atoms with E-state index in [1.165, 1.54) is 70.6 Å². The van der Waals surface area contributed by atoms with Crippen molar-refractivity contribution in [2.75, 3.05) is 0 Å². The molecule has 0 aliphatic carbocycles. The molecule has 1 aliphatic rings. The van der Waals surface area contributed by atoms with Crippen LogP contribution in [0.25, 0.3) is 0 Å². The van der Waals surface area contributed by atoms with E-state index in [2.05, 4.69) is 4.74 Å². The summed E-state index contributed by atoms with van der Waals surface area (Å²) in [6.07, 6.45) is 21.4. The fraction of sp³-hybridized carbons (Fsp3) is 0.714. The van der Waals surface area contributed by atoms with E-state index >= 15 is 0 Å². The summed E-state index contributed by atoms with van der Waals surface area (Å²) in [6, 6.07) is 0.